The zero-order valence-electron chi connectivity index (χ0n) is 14.8. The van der Waals surface area contributed by atoms with Gasteiger partial charge in [-0.1, -0.05) is 39.8 Å². The molecule has 0 unspecified atom stereocenters. The first-order chi connectivity index (χ1) is 13.4. The zero-order valence-corrected chi connectivity index (χ0v) is 17.2. The summed E-state index contributed by atoms with van der Waals surface area (Å²) in [7, 11) is 0. The second kappa shape index (κ2) is 7.44. The number of rotatable bonds is 4. The molecule has 0 bridgehead atoms. The molecule has 2 heterocycles. The highest BCUT2D eigenvalue weighted by Crippen LogP contribution is 2.29. The highest BCUT2D eigenvalue weighted by molar-refractivity contribution is 9.10. The largest absolute Gasteiger partial charge is 0.451 e. The van der Waals surface area contributed by atoms with Crippen molar-refractivity contribution in [3.63, 3.8) is 0 Å². The summed E-state index contributed by atoms with van der Waals surface area (Å²) in [5.74, 6) is -0.0545. The number of hydrogen-bond acceptors (Lipinski definition) is 5. The minimum absolute atomic E-state index is 0.181. The Morgan fingerprint density at radius 3 is 2.64 bits per heavy atom. The van der Waals surface area contributed by atoms with Gasteiger partial charge in [-0.15, -0.1) is 0 Å². The van der Waals surface area contributed by atoms with Gasteiger partial charge in [0.15, 0.2) is 5.76 Å². The minimum atomic E-state index is -0.334. The van der Waals surface area contributed by atoms with Crippen LogP contribution in [-0.2, 0) is 11.3 Å². The number of thioether (sulfide) groups is 1. The number of anilines is 1. The molecule has 1 saturated heterocycles. The Morgan fingerprint density at radius 1 is 1.21 bits per heavy atom. The number of nitrogens with one attached hydrogen (secondary N) is 1. The van der Waals surface area contributed by atoms with Crippen molar-refractivity contribution in [2.75, 3.05) is 11.1 Å². The topological polar surface area (TPSA) is 79.6 Å². The van der Waals surface area contributed by atoms with Crippen LogP contribution >= 0.6 is 27.7 Å². The molecular formula is C20H15BrN2O4S. The fourth-order valence-corrected chi connectivity index (χ4v) is 4.09. The molecule has 4 rings (SSSR count). The molecule has 3 aromatic rings. The van der Waals surface area contributed by atoms with Crippen LogP contribution < -0.4 is 5.32 Å². The van der Waals surface area contributed by atoms with Crippen LogP contribution in [0.5, 0.6) is 0 Å². The van der Waals surface area contributed by atoms with E-state index in [0.717, 1.165) is 32.7 Å². The van der Waals surface area contributed by atoms with E-state index in [1.807, 2.05) is 25.1 Å². The molecule has 1 fully saturated rings. The molecule has 1 aliphatic heterocycles. The molecule has 1 aliphatic rings. The van der Waals surface area contributed by atoms with Gasteiger partial charge in [-0.05, 0) is 42.8 Å². The molecule has 1 N–H and O–H groups in total. The van der Waals surface area contributed by atoms with Crippen LogP contribution in [0.25, 0.3) is 11.0 Å². The first-order valence-electron chi connectivity index (χ1n) is 8.48. The van der Waals surface area contributed by atoms with Crippen LogP contribution in [0, 0.1) is 6.92 Å². The third-order valence-corrected chi connectivity index (χ3v) is 5.85. The van der Waals surface area contributed by atoms with Crippen molar-refractivity contribution in [1.29, 1.82) is 0 Å². The van der Waals surface area contributed by atoms with Crippen LogP contribution in [-0.4, -0.2) is 27.7 Å². The smallest absolute Gasteiger partial charge is 0.291 e. The summed E-state index contributed by atoms with van der Waals surface area (Å²) in [6.45, 7) is 2.08. The van der Waals surface area contributed by atoms with E-state index < -0.39 is 0 Å². The average Bonchev–Trinajstić information content (AvgIpc) is 3.17. The van der Waals surface area contributed by atoms with Gasteiger partial charge in [0.1, 0.15) is 5.58 Å². The molecule has 0 aliphatic carbocycles. The number of imide groups is 1. The molecule has 0 radical (unpaired) electrons. The predicted octanol–water partition coefficient (Wildman–Crippen LogP) is 4.95. The Hall–Kier alpha value is -2.58. The molecule has 0 saturated carbocycles. The monoisotopic (exact) mass is 458 g/mol. The summed E-state index contributed by atoms with van der Waals surface area (Å²) >= 11 is 4.44. The second-order valence-electron chi connectivity index (χ2n) is 6.38. The van der Waals surface area contributed by atoms with Crippen LogP contribution in [0.2, 0.25) is 0 Å². The summed E-state index contributed by atoms with van der Waals surface area (Å²) in [6, 6.07) is 12.6. The highest BCUT2D eigenvalue weighted by atomic mass is 79.9. The van der Waals surface area contributed by atoms with Crippen molar-refractivity contribution in [1.82, 2.24) is 4.90 Å². The molecular weight excluding hydrogens is 444 g/mol. The van der Waals surface area contributed by atoms with E-state index in [2.05, 4.69) is 21.2 Å². The van der Waals surface area contributed by atoms with Gasteiger partial charge in [0.25, 0.3) is 11.1 Å². The Kier molecular flexibility index (Phi) is 4.99. The quantitative estimate of drug-likeness (QED) is 0.597. The molecule has 1 aromatic heterocycles. The number of benzene rings is 2. The number of nitrogens with zero attached hydrogens (tertiary/aromatic N) is 1. The van der Waals surface area contributed by atoms with Crippen molar-refractivity contribution >= 4 is 61.4 Å². The minimum Gasteiger partial charge on any atom is -0.451 e. The maximum atomic E-state index is 12.6. The molecule has 0 atom stereocenters. The van der Waals surface area contributed by atoms with E-state index in [-0.39, 0.29) is 35.1 Å². The van der Waals surface area contributed by atoms with E-state index in [9.17, 15) is 14.4 Å². The Labute approximate surface area is 173 Å². The van der Waals surface area contributed by atoms with E-state index in [1.165, 1.54) is 4.90 Å². The van der Waals surface area contributed by atoms with E-state index in [4.69, 9.17) is 4.42 Å². The summed E-state index contributed by atoms with van der Waals surface area (Å²) < 4.78 is 6.62. The highest BCUT2D eigenvalue weighted by Gasteiger charge is 2.29. The Balaban J connectivity index is 1.48. The Morgan fingerprint density at radius 2 is 1.96 bits per heavy atom. The van der Waals surface area contributed by atoms with Gasteiger partial charge < -0.3 is 9.73 Å². The molecule has 142 valence electrons. The number of hydrogen-bond donors (Lipinski definition) is 1. The number of fused-ring (bicyclic) bond motifs is 1. The number of carbonyl (C=O) groups is 3. The summed E-state index contributed by atoms with van der Waals surface area (Å²) in [5, 5.41) is 3.47. The normalized spacial score (nSPS) is 14.1. The van der Waals surface area contributed by atoms with Gasteiger partial charge in [-0.2, -0.15) is 0 Å². The van der Waals surface area contributed by atoms with Crippen molar-refractivity contribution < 1.29 is 18.8 Å². The number of aryl methyl sites for hydroxylation is 1. The molecule has 2 aromatic carbocycles. The summed E-state index contributed by atoms with van der Waals surface area (Å²) in [6.07, 6.45) is 0. The van der Waals surface area contributed by atoms with Crippen LogP contribution in [0.4, 0.5) is 10.5 Å². The van der Waals surface area contributed by atoms with E-state index in [0.29, 0.717) is 11.3 Å². The third kappa shape index (κ3) is 3.57. The SMILES string of the molecule is Cc1c(C(=O)Nc2ccc(CN3C(=O)CSC3=O)cc2)oc2ccc(Br)cc12. The molecule has 0 spiro atoms. The van der Waals surface area contributed by atoms with Gasteiger partial charge in [0, 0.05) is 21.1 Å². The summed E-state index contributed by atoms with van der Waals surface area (Å²) in [4.78, 5) is 37.2. The lowest BCUT2D eigenvalue weighted by Gasteiger charge is -2.13. The fourth-order valence-electron chi connectivity index (χ4n) is 3.01. The number of furan rings is 1. The van der Waals surface area contributed by atoms with E-state index >= 15 is 0 Å². The van der Waals surface area contributed by atoms with Crippen LogP contribution in [0.15, 0.2) is 51.4 Å². The lowest BCUT2D eigenvalue weighted by atomic mass is 10.1. The third-order valence-electron chi connectivity index (χ3n) is 4.50. The van der Waals surface area contributed by atoms with Crippen molar-refractivity contribution in [3.8, 4) is 0 Å². The van der Waals surface area contributed by atoms with Crippen LogP contribution in [0.3, 0.4) is 0 Å². The van der Waals surface area contributed by atoms with Gasteiger partial charge in [0.05, 0.1) is 12.3 Å². The predicted molar refractivity (Wildman–Crippen MR) is 111 cm³/mol. The second-order valence-corrected chi connectivity index (χ2v) is 8.22. The fraction of sp³-hybridized carbons (Fsp3) is 0.150. The average molecular weight is 459 g/mol. The standard InChI is InChI=1S/C20H15BrN2O4S/c1-11-15-8-13(21)4-7-16(15)27-18(11)19(25)22-14-5-2-12(3-6-14)9-23-17(24)10-28-20(23)26/h2-8H,9-10H2,1H3,(H,22,25). The molecule has 3 amide bonds. The lowest BCUT2D eigenvalue weighted by Crippen LogP contribution is -2.27. The lowest BCUT2D eigenvalue weighted by molar-refractivity contribution is -0.125. The van der Waals surface area contributed by atoms with Crippen molar-refractivity contribution in [2.45, 2.75) is 13.5 Å². The number of halogens is 1. The molecule has 6 nitrogen and oxygen atoms in total. The van der Waals surface area contributed by atoms with Gasteiger partial charge >= 0.3 is 0 Å². The Bertz CT molecular complexity index is 1090. The van der Waals surface area contributed by atoms with Gasteiger partial charge in [-0.25, -0.2) is 0 Å². The summed E-state index contributed by atoms with van der Waals surface area (Å²) in [5.41, 5.74) is 2.84. The van der Waals surface area contributed by atoms with Gasteiger partial charge in [0.2, 0.25) is 5.91 Å². The van der Waals surface area contributed by atoms with Crippen LogP contribution in [0.1, 0.15) is 21.7 Å². The first kappa shape index (κ1) is 18.8. The first-order valence-corrected chi connectivity index (χ1v) is 10.3. The zero-order chi connectivity index (χ0) is 19.8. The molecule has 28 heavy (non-hydrogen) atoms. The van der Waals surface area contributed by atoms with Crippen molar-refractivity contribution in [2.24, 2.45) is 0 Å². The maximum absolute atomic E-state index is 12.6. The number of carbonyl (C=O) groups excluding carboxylic acids is 3. The van der Waals surface area contributed by atoms with Gasteiger partial charge in [-0.3, -0.25) is 19.3 Å². The van der Waals surface area contributed by atoms with E-state index in [1.54, 1.807) is 24.3 Å². The maximum Gasteiger partial charge on any atom is 0.291 e. The number of amides is 3. The van der Waals surface area contributed by atoms with Crippen molar-refractivity contribution in [3.05, 3.63) is 63.8 Å². The molecule has 8 heteroatoms.